The fourth-order valence-electron chi connectivity index (χ4n) is 2.44. The first-order valence-corrected chi connectivity index (χ1v) is 9.54. The summed E-state index contributed by atoms with van der Waals surface area (Å²) in [5.41, 5.74) is 2.36. The van der Waals surface area contributed by atoms with Crippen LogP contribution in [0, 0.1) is 11.8 Å². The van der Waals surface area contributed by atoms with E-state index in [0.717, 1.165) is 21.1 Å². The zero-order valence-electron chi connectivity index (χ0n) is 13.8. The minimum absolute atomic E-state index is 0.00922. The van der Waals surface area contributed by atoms with Gasteiger partial charge < -0.3 is 5.32 Å². The third-order valence-corrected chi connectivity index (χ3v) is 5.74. The molecular formula is C19H23Br2NO. The molecule has 1 aliphatic carbocycles. The van der Waals surface area contributed by atoms with Crippen LogP contribution in [0.15, 0.2) is 50.9 Å². The van der Waals surface area contributed by atoms with Crippen LogP contribution in [-0.4, -0.2) is 12.5 Å². The van der Waals surface area contributed by atoms with Crippen LogP contribution in [0.1, 0.15) is 38.7 Å². The highest BCUT2D eigenvalue weighted by atomic mass is 79.9. The second kappa shape index (κ2) is 8.29. The van der Waals surface area contributed by atoms with E-state index in [0.29, 0.717) is 17.8 Å². The molecule has 0 aromatic heterocycles. The number of hydrogen-bond acceptors (Lipinski definition) is 1. The third-order valence-electron chi connectivity index (χ3n) is 3.86. The van der Waals surface area contributed by atoms with E-state index in [-0.39, 0.29) is 5.91 Å². The highest BCUT2D eigenvalue weighted by Crippen LogP contribution is 2.49. The Kier molecular flexibility index (Phi) is 6.66. The zero-order valence-corrected chi connectivity index (χ0v) is 16.9. The summed E-state index contributed by atoms with van der Waals surface area (Å²) in [7, 11) is 0. The van der Waals surface area contributed by atoms with Gasteiger partial charge in [-0.05, 0) is 86.2 Å². The molecule has 4 heteroatoms. The molecule has 0 heterocycles. The van der Waals surface area contributed by atoms with Crippen molar-refractivity contribution < 1.29 is 4.79 Å². The van der Waals surface area contributed by atoms with E-state index in [2.05, 4.69) is 81.4 Å². The standard InChI is InChI=1S/C19H23Br2NO/c1-12(2)11-22-19(23)8-13(3)4-5-14-9-16(14)15-6-7-17(20)18(21)10-15/h4-8,10,12,14,16H,9,11H2,1-3H3,(H,22,23). The largest absolute Gasteiger partial charge is 0.352 e. The highest BCUT2D eigenvalue weighted by Gasteiger charge is 2.36. The van der Waals surface area contributed by atoms with Crippen molar-refractivity contribution in [3.8, 4) is 0 Å². The van der Waals surface area contributed by atoms with Gasteiger partial charge in [-0.25, -0.2) is 0 Å². The van der Waals surface area contributed by atoms with Gasteiger partial charge >= 0.3 is 0 Å². The Morgan fingerprint density at radius 1 is 1.35 bits per heavy atom. The van der Waals surface area contributed by atoms with Gasteiger partial charge in [-0.15, -0.1) is 0 Å². The lowest BCUT2D eigenvalue weighted by Gasteiger charge is -2.04. The maximum atomic E-state index is 11.7. The van der Waals surface area contributed by atoms with Crippen LogP contribution in [0.3, 0.4) is 0 Å². The number of benzene rings is 1. The van der Waals surface area contributed by atoms with Crippen LogP contribution in [0.2, 0.25) is 0 Å². The Hall–Kier alpha value is -0.870. The first kappa shape index (κ1) is 18.5. The molecule has 1 fully saturated rings. The lowest BCUT2D eigenvalue weighted by Crippen LogP contribution is -2.25. The number of allylic oxidation sites excluding steroid dienone is 3. The summed E-state index contributed by atoms with van der Waals surface area (Å²) >= 11 is 7.06. The van der Waals surface area contributed by atoms with Crippen molar-refractivity contribution in [3.63, 3.8) is 0 Å². The number of amides is 1. The van der Waals surface area contributed by atoms with E-state index >= 15 is 0 Å². The summed E-state index contributed by atoms with van der Waals surface area (Å²) in [4.78, 5) is 11.7. The molecule has 2 unspecified atom stereocenters. The van der Waals surface area contributed by atoms with Gasteiger partial charge in [0.2, 0.25) is 5.91 Å². The molecule has 2 nitrogen and oxygen atoms in total. The summed E-state index contributed by atoms with van der Waals surface area (Å²) < 4.78 is 2.18. The number of hydrogen-bond donors (Lipinski definition) is 1. The van der Waals surface area contributed by atoms with E-state index in [4.69, 9.17) is 0 Å². The first-order valence-electron chi connectivity index (χ1n) is 7.96. The molecule has 0 aliphatic heterocycles. The lowest BCUT2D eigenvalue weighted by atomic mass is 10.1. The van der Waals surface area contributed by atoms with Crippen molar-refractivity contribution in [2.24, 2.45) is 11.8 Å². The number of rotatable bonds is 6. The molecule has 2 atom stereocenters. The minimum Gasteiger partial charge on any atom is -0.352 e. The van der Waals surface area contributed by atoms with Gasteiger partial charge in [-0.1, -0.05) is 32.1 Å². The molecule has 1 aliphatic rings. The van der Waals surface area contributed by atoms with Gasteiger partial charge in [0.15, 0.2) is 0 Å². The van der Waals surface area contributed by atoms with E-state index in [9.17, 15) is 4.79 Å². The predicted octanol–water partition coefficient (Wildman–Crippen LogP) is 5.59. The van der Waals surface area contributed by atoms with Crippen molar-refractivity contribution in [3.05, 3.63) is 56.5 Å². The quantitative estimate of drug-likeness (QED) is 0.453. The maximum absolute atomic E-state index is 11.7. The summed E-state index contributed by atoms with van der Waals surface area (Å²) in [5, 5.41) is 2.90. The molecule has 1 amide bonds. The Morgan fingerprint density at radius 2 is 2.09 bits per heavy atom. The second-order valence-electron chi connectivity index (χ2n) is 6.57. The Labute approximate surface area is 155 Å². The van der Waals surface area contributed by atoms with E-state index in [1.54, 1.807) is 6.08 Å². The smallest absolute Gasteiger partial charge is 0.244 e. The van der Waals surface area contributed by atoms with Crippen LogP contribution in [0.5, 0.6) is 0 Å². The molecule has 1 saturated carbocycles. The van der Waals surface area contributed by atoms with Gasteiger partial charge in [0.25, 0.3) is 0 Å². The normalized spacial score (nSPS) is 21.0. The van der Waals surface area contributed by atoms with Crippen LogP contribution in [0.4, 0.5) is 0 Å². The molecule has 0 spiro atoms. The number of carbonyl (C=O) groups excluding carboxylic acids is 1. The number of carbonyl (C=O) groups is 1. The van der Waals surface area contributed by atoms with Crippen molar-refractivity contribution in [2.75, 3.05) is 6.54 Å². The molecule has 1 N–H and O–H groups in total. The average molecular weight is 441 g/mol. The molecule has 124 valence electrons. The van der Waals surface area contributed by atoms with E-state index < -0.39 is 0 Å². The Bertz CT molecular complexity index is 634. The molecule has 0 radical (unpaired) electrons. The van der Waals surface area contributed by atoms with E-state index in [1.165, 1.54) is 12.0 Å². The first-order chi connectivity index (χ1) is 10.9. The fourth-order valence-corrected chi connectivity index (χ4v) is 3.08. The molecule has 0 saturated heterocycles. The Balaban J connectivity index is 1.87. The molecule has 0 bridgehead atoms. The zero-order chi connectivity index (χ0) is 17.0. The SMILES string of the molecule is CC(C=CC1CC1c1ccc(Br)c(Br)c1)=CC(=O)NCC(C)C. The highest BCUT2D eigenvalue weighted by molar-refractivity contribution is 9.13. The van der Waals surface area contributed by atoms with Crippen molar-refractivity contribution in [1.82, 2.24) is 5.32 Å². The fraction of sp³-hybridized carbons (Fsp3) is 0.421. The van der Waals surface area contributed by atoms with Gasteiger partial charge in [0.05, 0.1) is 0 Å². The molecule has 1 aromatic rings. The second-order valence-corrected chi connectivity index (χ2v) is 8.27. The Morgan fingerprint density at radius 3 is 2.74 bits per heavy atom. The number of halogens is 2. The van der Waals surface area contributed by atoms with E-state index in [1.807, 2.05) is 6.92 Å². The topological polar surface area (TPSA) is 29.1 Å². The minimum atomic E-state index is -0.00922. The monoisotopic (exact) mass is 439 g/mol. The summed E-state index contributed by atoms with van der Waals surface area (Å²) in [5.74, 6) is 1.63. The van der Waals surface area contributed by atoms with Crippen molar-refractivity contribution in [2.45, 2.75) is 33.1 Å². The summed E-state index contributed by atoms with van der Waals surface area (Å²) in [6.45, 7) is 6.86. The maximum Gasteiger partial charge on any atom is 0.244 e. The average Bonchev–Trinajstić information content (AvgIpc) is 3.25. The van der Waals surface area contributed by atoms with Gasteiger partial charge in [0, 0.05) is 21.6 Å². The van der Waals surface area contributed by atoms with Crippen LogP contribution in [0.25, 0.3) is 0 Å². The third kappa shape index (κ3) is 5.92. The van der Waals surface area contributed by atoms with Gasteiger partial charge in [-0.2, -0.15) is 0 Å². The summed E-state index contributed by atoms with van der Waals surface area (Å²) in [6.07, 6.45) is 7.14. The molecule has 23 heavy (non-hydrogen) atoms. The lowest BCUT2D eigenvalue weighted by molar-refractivity contribution is -0.116. The predicted molar refractivity (Wildman–Crippen MR) is 103 cm³/mol. The molecule has 2 rings (SSSR count). The van der Waals surface area contributed by atoms with Gasteiger partial charge in [0.1, 0.15) is 0 Å². The van der Waals surface area contributed by atoms with Crippen molar-refractivity contribution >= 4 is 37.8 Å². The number of nitrogens with one attached hydrogen (secondary N) is 1. The van der Waals surface area contributed by atoms with Crippen LogP contribution < -0.4 is 5.32 Å². The van der Waals surface area contributed by atoms with Crippen LogP contribution in [-0.2, 0) is 4.79 Å². The molecular weight excluding hydrogens is 418 g/mol. The summed E-state index contributed by atoms with van der Waals surface area (Å²) in [6, 6.07) is 6.45. The van der Waals surface area contributed by atoms with Gasteiger partial charge in [-0.3, -0.25) is 4.79 Å². The van der Waals surface area contributed by atoms with Crippen LogP contribution >= 0.6 is 31.9 Å². The molecule has 1 aromatic carbocycles. The van der Waals surface area contributed by atoms with Crippen molar-refractivity contribution in [1.29, 1.82) is 0 Å².